The molecule has 1 rings (SSSR count). The summed E-state index contributed by atoms with van der Waals surface area (Å²) in [6, 6.07) is 0. The maximum Gasteiger partial charge on any atom is 0.108 e. The molecule has 0 aliphatic heterocycles. The fourth-order valence-electron chi connectivity index (χ4n) is 1.10. The molecule has 1 heterocycles. The van der Waals surface area contributed by atoms with Gasteiger partial charge in [0.1, 0.15) is 6.17 Å². The van der Waals surface area contributed by atoms with Crippen molar-refractivity contribution in [2.24, 2.45) is 5.73 Å². The second-order valence-corrected chi connectivity index (χ2v) is 4.42. The van der Waals surface area contributed by atoms with E-state index in [1.165, 1.54) is 4.88 Å². The first-order chi connectivity index (χ1) is 6.13. The zero-order chi connectivity index (χ0) is 9.84. The first-order valence-electron chi connectivity index (χ1n) is 4.40. The van der Waals surface area contributed by atoms with Gasteiger partial charge in [-0.3, -0.25) is 0 Å². The van der Waals surface area contributed by atoms with Crippen molar-refractivity contribution in [1.82, 2.24) is 4.98 Å². The monoisotopic (exact) mass is 202 g/mol. The zero-order valence-corrected chi connectivity index (χ0v) is 8.83. The Morgan fingerprint density at radius 1 is 1.54 bits per heavy atom. The quantitative estimate of drug-likeness (QED) is 0.811. The van der Waals surface area contributed by atoms with E-state index in [4.69, 9.17) is 5.73 Å². The standard InChI is InChI=1S/C9H15FN2S/c1-6-7(2)13-9(12-6)5-8(10)3-4-11/h8H,3-5,11H2,1-2H3. The third kappa shape index (κ3) is 3.04. The van der Waals surface area contributed by atoms with Crippen LogP contribution in [0.4, 0.5) is 4.39 Å². The van der Waals surface area contributed by atoms with E-state index >= 15 is 0 Å². The number of aryl methyl sites for hydroxylation is 2. The van der Waals surface area contributed by atoms with Crippen LogP contribution >= 0.6 is 11.3 Å². The number of nitrogens with two attached hydrogens (primary N) is 1. The lowest BCUT2D eigenvalue weighted by Crippen LogP contribution is -2.11. The SMILES string of the molecule is Cc1nc(CC(F)CCN)sc1C. The van der Waals surface area contributed by atoms with Crippen LogP contribution < -0.4 is 5.73 Å². The van der Waals surface area contributed by atoms with Gasteiger partial charge in [0, 0.05) is 11.3 Å². The van der Waals surface area contributed by atoms with Gasteiger partial charge in [-0.05, 0) is 26.8 Å². The van der Waals surface area contributed by atoms with Crippen molar-refractivity contribution >= 4 is 11.3 Å². The highest BCUT2D eigenvalue weighted by Gasteiger charge is 2.10. The summed E-state index contributed by atoms with van der Waals surface area (Å²) >= 11 is 1.58. The second-order valence-electron chi connectivity index (χ2n) is 3.13. The minimum atomic E-state index is -0.838. The third-order valence-electron chi connectivity index (χ3n) is 1.95. The highest BCUT2D eigenvalue weighted by Crippen LogP contribution is 2.19. The van der Waals surface area contributed by atoms with Crippen molar-refractivity contribution in [1.29, 1.82) is 0 Å². The van der Waals surface area contributed by atoms with E-state index < -0.39 is 6.17 Å². The molecule has 0 saturated heterocycles. The molecule has 0 aliphatic rings. The van der Waals surface area contributed by atoms with Crippen LogP contribution in [0, 0.1) is 13.8 Å². The lowest BCUT2D eigenvalue weighted by atomic mass is 10.2. The van der Waals surface area contributed by atoms with Crippen LogP contribution in [-0.2, 0) is 6.42 Å². The predicted molar refractivity (Wildman–Crippen MR) is 53.9 cm³/mol. The van der Waals surface area contributed by atoms with Crippen LogP contribution in [0.15, 0.2) is 0 Å². The summed E-state index contributed by atoms with van der Waals surface area (Å²) in [5, 5.41) is 0.885. The van der Waals surface area contributed by atoms with Gasteiger partial charge >= 0.3 is 0 Å². The maximum atomic E-state index is 13.1. The molecule has 13 heavy (non-hydrogen) atoms. The smallest absolute Gasteiger partial charge is 0.108 e. The number of alkyl halides is 1. The summed E-state index contributed by atoms with van der Waals surface area (Å²) in [5.74, 6) is 0. The molecule has 0 radical (unpaired) electrons. The van der Waals surface area contributed by atoms with Gasteiger partial charge in [-0.15, -0.1) is 11.3 Å². The second kappa shape index (κ2) is 4.67. The van der Waals surface area contributed by atoms with Crippen molar-refractivity contribution in [3.8, 4) is 0 Å². The molecule has 74 valence electrons. The molecule has 0 aromatic carbocycles. The Hall–Kier alpha value is -0.480. The van der Waals surface area contributed by atoms with Gasteiger partial charge in [0.15, 0.2) is 0 Å². The number of rotatable bonds is 4. The van der Waals surface area contributed by atoms with Gasteiger partial charge < -0.3 is 5.73 Å². The van der Waals surface area contributed by atoms with Crippen molar-refractivity contribution in [3.63, 3.8) is 0 Å². The third-order valence-corrected chi connectivity index (χ3v) is 3.04. The summed E-state index contributed by atoms with van der Waals surface area (Å²) in [4.78, 5) is 5.45. The number of halogens is 1. The van der Waals surface area contributed by atoms with E-state index in [0.29, 0.717) is 19.4 Å². The van der Waals surface area contributed by atoms with Crippen molar-refractivity contribution in [2.75, 3.05) is 6.54 Å². The number of thiazole rings is 1. The molecule has 1 aromatic rings. The molecule has 0 aliphatic carbocycles. The summed E-state index contributed by atoms with van der Waals surface area (Å²) in [7, 11) is 0. The topological polar surface area (TPSA) is 38.9 Å². The summed E-state index contributed by atoms with van der Waals surface area (Å²) in [5.41, 5.74) is 6.28. The number of hydrogen-bond donors (Lipinski definition) is 1. The minimum absolute atomic E-state index is 0.407. The van der Waals surface area contributed by atoms with E-state index in [9.17, 15) is 4.39 Å². The molecule has 0 fully saturated rings. The molecule has 2 nitrogen and oxygen atoms in total. The predicted octanol–water partition coefficient (Wildman–Crippen LogP) is 1.99. The Balaban J connectivity index is 2.53. The average Bonchev–Trinajstić information content (AvgIpc) is 2.31. The lowest BCUT2D eigenvalue weighted by molar-refractivity contribution is 0.316. The Morgan fingerprint density at radius 3 is 2.69 bits per heavy atom. The molecule has 1 atom stereocenters. The fourth-order valence-corrected chi connectivity index (χ4v) is 2.09. The van der Waals surface area contributed by atoms with E-state index in [1.54, 1.807) is 11.3 Å². The zero-order valence-electron chi connectivity index (χ0n) is 8.01. The number of aromatic nitrogens is 1. The molecular weight excluding hydrogens is 187 g/mol. The normalized spacial score (nSPS) is 13.2. The molecule has 4 heteroatoms. The largest absolute Gasteiger partial charge is 0.330 e. The van der Waals surface area contributed by atoms with E-state index in [0.717, 1.165) is 10.7 Å². The molecule has 0 amide bonds. The van der Waals surface area contributed by atoms with Gasteiger partial charge in [0.25, 0.3) is 0 Å². The minimum Gasteiger partial charge on any atom is -0.330 e. The van der Waals surface area contributed by atoms with Gasteiger partial charge in [-0.25, -0.2) is 9.37 Å². The average molecular weight is 202 g/mol. The molecule has 0 spiro atoms. The molecule has 2 N–H and O–H groups in total. The summed E-state index contributed by atoms with van der Waals surface area (Å²) in [6.07, 6.45) is 0.00348. The van der Waals surface area contributed by atoms with Crippen molar-refractivity contribution in [3.05, 3.63) is 15.6 Å². The maximum absolute atomic E-state index is 13.1. The van der Waals surface area contributed by atoms with Crippen molar-refractivity contribution < 1.29 is 4.39 Å². The van der Waals surface area contributed by atoms with Crippen LogP contribution in [0.25, 0.3) is 0 Å². The highest BCUT2D eigenvalue weighted by molar-refractivity contribution is 7.11. The van der Waals surface area contributed by atoms with Crippen molar-refractivity contribution in [2.45, 2.75) is 32.9 Å². The molecule has 0 saturated carbocycles. The number of nitrogens with zero attached hydrogens (tertiary/aromatic N) is 1. The van der Waals surface area contributed by atoms with Crippen LogP contribution in [0.1, 0.15) is 22.0 Å². The van der Waals surface area contributed by atoms with Gasteiger partial charge in [-0.2, -0.15) is 0 Å². The van der Waals surface area contributed by atoms with E-state index in [1.807, 2.05) is 13.8 Å². The van der Waals surface area contributed by atoms with Crippen LogP contribution in [0.2, 0.25) is 0 Å². The highest BCUT2D eigenvalue weighted by atomic mass is 32.1. The van der Waals surface area contributed by atoms with Gasteiger partial charge in [-0.1, -0.05) is 0 Å². The summed E-state index contributed by atoms with van der Waals surface area (Å²) < 4.78 is 13.1. The summed E-state index contributed by atoms with van der Waals surface area (Å²) in [6.45, 7) is 4.36. The van der Waals surface area contributed by atoms with Crippen LogP contribution in [0.5, 0.6) is 0 Å². The van der Waals surface area contributed by atoms with E-state index in [2.05, 4.69) is 4.98 Å². The number of hydrogen-bond acceptors (Lipinski definition) is 3. The van der Waals surface area contributed by atoms with Gasteiger partial charge in [0.05, 0.1) is 10.7 Å². The Labute approximate surface area is 82.0 Å². The molecule has 1 unspecified atom stereocenters. The molecular formula is C9H15FN2S. The Kier molecular flexibility index (Phi) is 3.81. The Bertz CT molecular complexity index is 253. The molecule has 1 aromatic heterocycles. The first-order valence-corrected chi connectivity index (χ1v) is 5.22. The van der Waals surface area contributed by atoms with Crippen LogP contribution in [-0.4, -0.2) is 17.7 Å². The van der Waals surface area contributed by atoms with E-state index in [-0.39, 0.29) is 0 Å². The van der Waals surface area contributed by atoms with Gasteiger partial charge in [0.2, 0.25) is 0 Å². The lowest BCUT2D eigenvalue weighted by Gasteiger charge is -2.02. The van der Waals surface area contributed by atoms with Crippen LogP contribution in [0.3, 0.4) is 0 Å². The Morgan fingerprint density at radius 2 is 2.23 bits per heavy atom. The molecule has 0 bridgehead atoms. The first kappa shape index (κ1) is 10.6. The fraction of sp³-hybridized carbons (Fsp3) is 0.667.